The standard InChI is InChI=1S/C10H10BrNO3/c1-14-8-3-2-6(4-7(8)11)9-5-12-10(13)15-9/h2-4,9H,5H2,1H3,(H,12,13). The smallest absolute Gasteiger partial charge is 0.407 e. The second-order valence-electron chi connectivity index (χ2n) is 3.17. The van der Waals surface area contributed by atoms with E-state index in [-0.39, 0.29) is 12.2 Å². The third-order valence-corrected chi connectivity index (χ3v) is 2.85. The molecule has 0 bridgehead atoms. The number of carbonyl (C=O) groups is 1. The molecule has 1 atom stereocenters. The van der Waals surface area contributed by atoms with E-state index in [0.29, 0.717) is 6.54 Å². The number of carbonyl (C=O) groups excluding carboxylic acids is 1. The van der Waals surface area contributed by atoms with Crippen LogP contribution in [0.15, 0.2) is 22.7 Å². The second kappa shape index (κ2) is 4.10. The summed E-state index contributed by atoms with van der Waals surface area (Å²) in [5.74, 6) is 0.760. The minimum Gasteiger partial charge on any atom is -0.496 e. The predicted molar refractivity (Wildman–Crippen MR) is 57.9 cm³/mol. The van der Waals surface area contributed by atoms with Crippen LogP contribution in [0.1, 0.15) is 11.7 Å². The fourth-order valence-corrected chi connectivity index (χ4v) is 2.02. The van der Waals surface area contributed by atoms with E-state index in [1.807, 2.05) is 18.2 Å². The van der Waals surface area contributed by atoms with Crippen molar-refractivity contribution in [1.29, 1.82) is 0 Å². The highest BCUT2D eigenvalue weighted by Gasteiger charge is 2.24. The van der Waals surface area contributed by atoms with Gasteiger partial charge >= 0.3 is 6.09 Å². The Kier molecular flexibility index (Phi) is 2.81. The number of rotatable bonds is 2. The largest absolute Gasteiger partial charge is 0.496 e. The van der Waals surface area contributed by atoms with E-state index in [9.17, 15) is 4.79 Å². The van der Waals surface area contributed by atoms with Crippen molar-refractivity contribution in [3.8, 4) is 5.75 Å². The minimum atomic E-state index is -0.369. The lowest BCUT2D eigenvalue weighted by Crippen LogP contribution is -2.12. The van der Waals surface area contributed by atoms with E-state index in [2.05, 4.69) is 21.2 Å². The highest BCUT2D eigenvalue weighted by Crippen LogP contribution is 2.30. The average Bonchev–Trinajstić information content (AvgIpc) is 2.65. The lowest BCUT2D eigenvalue weighted by atomic mass is 10.1. The fraction of sp³-hybridized carbons (Fsp3) is 0.300. The first-order chi connectivity index (χ1) is 7.20. The molecule has 15 heavy (non-hydrogen) atoms. The Labute approximate surface area is 95.7 Å². The maximum atomic E-state index is 10.9. The number of amides is 1. The zero-order valence-corrected chi connectivity index (χ0v) is 9.71. The highest BCUT2D eigenvalue weighted by molar-refractivity contribution is 9.10. The molecule has 4 nitrogen and oxygen atoms in total. The van der Waals surface area contributed by atoms with Gasteiger partial charge in [-0.2, -0.15) is 0 Å². The van der Waals surface area contributed by atoms with Crippen molar-refractivity contribution in [3.05, 3.63) is 28.2 Å². The Balaban J connectivity index is 2.22. The summed E-state index contributed by atoms with van der Waals surface area (Å²) in [6.45, 7) is 0.512. The number of halogens is 1. The van der Waals surface area contributed by atoms with Crippen molar-refractivity contribution >= 4 is 22.0 Å². The molecule has 1 fully saturated rings. The summed E-state index contributed by atoms with van der Waals surface area (Å²) in [6, 6.07) is 5.61. The molecule has 1 heterocycles. The summed E-state index contributed by atoms with van der Waals surface area (Å²) in [6.07, 6.45) is -0.577. The normalized spacial score (nSPS) is 19.6. The Morgan fingerprint density at radius 2 is 2.40 bits per heavy atom. The Morgan fingerprint density at radius 3 is 2.93 bits per heavy atom. The SMILES string of the molecule is COc1ccc(C2CNC(=O)O2)cc1Br. The zero-order chi connectivity index (χ0) is 10.8. The fourth-order valence-electron chi connectivity index (χ4n) is 1.46. The first kappa shape index (κ1) is 10.3. The Bertz CT molecular complexity index is 394. The van der Waals surface area contributed by atoms with Crippen LogP contribution in [0.5, 0.6) is 5.75 Å². The van der Waals surface area contributed by atoms with Gasteiger partial charge in [0.25, 0.3) is 0 Å². The van der Waals surface area contributed by atoms with Gasteiger partial charge in [-0.05, 0) is 33.6 Å². The molecule has 1 aromatic rings. The van der Waals surface area contributed by atoms with Crippen LogP contribution in [-0.4, -0.2) is 19.7 Å². The number of cyclic esters (lactones) is 1. The number of alkyl carbamates (subject to hydrolysis) is 1. The topological polar surface area (TPSA) is 47.6 Å². The van der Waals surface area contributed by atoms with Crippen LogP contribution in [0.25, 0.3) is 0 Å². The molecular weight excluding hydrogens is 262 g/mol. The molecule has 0 spiro atoms. The predicted octanol–water partition coefficient (Wildman–Crippen LogP) is 2.24. The maximum Gasteiger partial charge on any atom is 0.407 e. The van der Waals surface area contributed by atoms with E-state index in [1.165, 1.54) is 0 Å². The van der Waals surface area contributed by atoms with E-state index in [4.69, 9.17) is 9.47 Å². The molecule has 1 amide bonds. The van der Waals surface area contributed by atoms with Crippen molar-refractivity contribution in [2.45, 2.75) is 6.10 Å². The molecule has 0 saturated carbocycles. The number of ether oxygens (including phenoxy) is 2. The van der Waals surface area contributed by atoms with Gasteiger partial charge in [-0.3, -0.25) is 0 Å². The number of methoxy groups -OCH3 is 1. The summed E-state index contributed by atoms with van der Waals surface area (Å²) in [4.78, 5) is 10.9. The van der Waals surface area contributed by atoms with Crippen molar-refractivity contribution in [1.82, 2.24) is 5.32 Å². The van der Waals surface area contributed by atoms with Crippen molar-refractivity contribution in [2.24, 2.45) is 0 Å². The summed E-state index contributed by atoms with van der Waals surface area (Å²) < 4.78 is 11.0. The van der Waals surface area contributed by atoms with Crippen LogP contribution in [0, 0.1) is 0 Å². The minimum absolute atomic E-state index is 0.209. The summed E-state index contributed by atoms with van der Waals surface area (Å²) in [5, 5.41) is 2.61. The van der Waals surface area contributed by atoms with Crippen molar-refractivity contribution < 1.29 is 14.3 Å². The first-order valence-corrected chi connectivity index (χ1v) is 5.28. The summed E-state index contributed by atoms with van der Waals surface area (Å²) in [7, 11) is 1.61. The molecule has 5 heteroatoms. The van der Waals surface area contributed by atoms with Gasteiger partial charge in [-0.25, -0.2) is 4.79 Å². The van der Waals surface area contributed by atoms with Gasteiger partial charge < -0.3 is 14.8 Å². The van der Waals surface area contributed by atoms with E-state index in [0.717, 1.165) is 15.8 Å². The monoisotopic (exact) mass is 271 g/mol. The second-order valence-corrected chi connectivity index (χ2v) is 4.02. The van der Waals surface area contributed by atoms with Crippen molar-refractivity contribution in [3.63, 3.8) is 0 Å². The molecular formula is C10H10BrNO3. The number of benzene rings is 1. The van der Waals surface area contributed by atoms with Gasteiger partial charge in [-0.1, -0.05) is 6.07 Å². The Morgan fingerprint density at radius 1 is 1.60 bits per heavy atom. The van der Waals surface area contributed by atoms with Crippen molar-refractivity contribution in [2.75, 3.05) is 13.7 Å². The maximum absolute atomic E-state index is 10.9. The molecule has 1 saturated heterocycles. The number of nitrogens with one attached hydrogen (secondary N) is 1. The van der Waals surface area contributed by atoms with E-state index < -0.39 is 0 Å². The van der Waals surface area contributed by atoms with Crippen LogP contribution < -0.4 is 10.1 Å². The molecule has 1 aromatic carbocycles. The third kappa shape index (κ3) is 2.07. The van der Waals surface area contributed by atoms with Crippen LogP contribution in [0.2, 0.25) is 0 Å². The van der Waals surface area contributed by atoms with Gasteiger partial charge in [0.15, 0.2) is 0 Å². The molecule has 0 aromatic heterocycles. The molecule has 0 radical (unpaired) electrons. The van der Waals surface area contributed by atoms with Crippen LogP contribution in [0.4, 0.5) is 4.79 Å². The van der Waals surface area contributed by atoms with Crippen LogP contribution in [0.3, 0.4) is 0 Å². The number of hydrogen-bond donors (Lipinski definition) is 1. The molecule has 1 aliphatic rings. The van der Waals surface area contributed by atoms with Crippen LogP contribution in [-0.2, 0) is 4.74 Å². The lowest BCUT2D eigenvalue weighted by molar-refractivity contribution is 0.141. The summed E-state index contributed by atoms with van der Waals surface area (Å²) in [5.41, 5.74) is 0.945. The van der Waals surface area contributed by atoms with Gasteiger partial charge in [-0.15, -0.1) is 0 Å². The average molecular weight is 272 g/mol. The lowest BCUT2D eigenvalue weighted by Gasteiger charge is -2.10. The molecule has 1 N–H and O–H groups in total. The van der Waals surface area contributed by atoms with E-state index in [1.54, 1.807) is 7.11 Å². The van der Waals surface area contributed by atoms with E-state index >= 15 is 0 Å². The van der Waals surface area contributed by atoms with Gasteiger partial charge in [0.05, 0.1) is 18.1 Å². The summed E-state index contributed by atoms with van der Waals surface area (Å²) >= 11 is 3.38. The van der Waals surface area contributed by atoms with Crippen LogP contribution >= 0.6 is 15.9 Å². The molecule has 2 rings (SSSR count). The molecule has 80 valence electrons. The first-order valence-electron chi connectivity index (χ1n) is 4.48. The van der Waals surface area contributed by atoms with Gasteiger partial charge in [0.1, 0.15) is 11.9 Å². The molecule has 1 unspecified atom stereocenters. The third-order valence-electron chi connectivity index (χ3n) is 2.23. The van der Waals surface area contributed by atoms with Gasteiger partial charge in [0.2, 0.25) is 0 Å². The highest BCUT2D eigenvalue weighted by atomic mass is 79.9. The molecule has 0 aliphatic carbocycles. The van der Waals surface area contributed by atoms with Gasteiger partial charge in [0, 0.05) is 0 Å². The number of hydrogen-bond acceptors (Lipinski definition) is 3. The Hall–Kier alpha value is -1.23. The quantitative estimate of drug-likeness (QED) is 0.898. The zero-order valence-electron chi connectivity index (χ0n) is 8.12. The molecule has 1 aliphatic heterocycles.